The number of hydrogen-bond donors (Lipinski definition) is 3. The summed E-state index contributed by atoms with van der Waals surface area (Å²) in [6.07, 6.45) is 1.66. The lowest BCUT2D eigenvalue weighted by atomic mass is 10.1. The van der Waals surface area contributed by atoms with Gasteiger partial charge in [0.1, 0.15) is 19.0 Å². The minimum Gasteiger partial charge on any atom is -0.508 e. The van der Waals surface area contributed by atoms with Gasteiger partial charge in [-0.25, -0.2) is 4.79 Å². The summed E-state index contributed by atoms with van der Waals surface area (Å²) in [5.74, 6) is 1.73. The predicted molar refractivity (Wildman–Crippen MR) is 98.7 cm³/mol. The first-order chi connectivity index (χ1) is 12.6. The van der Waals surface area contributed by atoms with E-state index >= 15 is 0 Å². The summed E-state index contributed by atoms with van der Waals surface area (Å²) in [6.45, 7) is 3.51. The Bertz CT molecular complexity index is 746. The number of phenols is 1. The molecule has 0 aromatic heterocycles. The van der Waals surface area contributed by atoms with Crippen molar-refractivity contribution in [1.82, 2.24) is 10.6 Å². The largest absolute Gasteiger partial charge is 0.508 e. The summed E-state index contributed by atoms with van der Waals surface area (Å²) in [4.78, 5) is 12.1. The van der Waals surface area contributed by atoms with Crippen molar-refractivity contribution in [2.24, 2.45) is 0 Å². The molecule has 6 heteroatoms. The molecule has 2 amide bonds. The number of aryl methyl sites for hydroxylation is 1. The maximum absolute atomic E-state index is 12.1. The third-order valence-electron chi connectivity index (χ3n) is 4.24. The van der Waals surface area contributed by atoms with E-state index in [2.05, 4.69) is 10.6 Å². The number of carbonyl (C=O) groups is 1. The van der Waals surface area contributed by atoms with Gasteiger partial charge in [0.25, 0.3) is 0 Å². The van der Waals surface area contributed by atoms with Gasteiger partial charge >= 0.3 is 6.03 Å². The Kier molecular flexibility index (Phi) is 5.84. The van der Waals surface area contributed by atoms with Crippen molar-refractivity contribution in [2.45, 2.75) is 32.4 Å². The van der Waals surface area contributed by atoms with Crippen LogP contribution in [0.4, 0.5) is 4.79 Å². The molecule has 0 aliphatic carbocycles. The summed E-state index contributed by atoms with van der Waals surface area (Å²) < 4.78 is 11.0. The average molecular weight is 356 g/mol. The van der Waals surface area contributed by atoms with Crippen LogP contribution in [-0.4, -0.2) is 30.4 Å². The van der Waals surface area contributed by atoms with Gasteiger partial charge < -0.3 is 25.2 Å². The molecule has 3 rings (SSSR count). The van der Waals surface area contributed by atoms with Crippen molar-refractivity contribution in [3.05, 3.63) is 53.6 Å². The lowest BCUT2D eigenvalue weighted by molar-refractivity contribution is 0.171. The van der Waals surface area contributed by atoms with Gasteiger partial charge in [0.15, 0.2) is 11.5 Å². The van der Waals surface area contributed by atoms with E-state index in [0.717, 1.165) is 35.5 Å². The average Bonchev–Trinajstić information content (AvgIpc) is 2.66. The van der Waals surface area contributed by atoms with Gasteiger partial charge in [-0.05, 0) is 55.2 Å². The fraction of sp³-hybridized carbons (Fsp3) is 0.350. The van der Waals surface area contributed by atoms with Gasteiger partial charge in [-0.15, -0.1) is 0 Å². The standard InChI is InChI=1S/C20H24N2O4/c1-14(2-3-15-4-7-17(23)8-5-15)22-20(24)21-13-16-6-9-18-19(12-16)26-11-10-25-18/h4-9,12,14,23H,2-3,10-11,13H2,1H3,(H2,21,22,24). The van der Waals surface area contributed by atoms with Crippen LogP contribution in [0, 0.1) is 0 Å². The molecule has 138 valence electrons. The first kappa shape index (κ1) is 17.9. The Morgan fingerprint density at radius 1 is 1.08 bits per heavy atom. The fourth-order valence-corrected chi connectivity index (χ4v) is 2.77. The van der Waals surface area contributed by atoms with Gasteiger partial charge in [-0.3, -0.25) is 0 Å². The van der Waals surface area contributed by atoms with E-state index in [9.17, 15) is 9.90 Å². The third kappa shape index (κ3) is 5.05. The molecule has 2 aromatic rings. The number of amides is 2. The van der Waals surface area contributed by atoms with E-state index < -0.39 is 0 Å². The number of carbonyl (C=O) groups excluding carboxylic acids is 1. The number of fused-ring (bicyclic) bond motifs is 1. The highest BCUT2D eigenvalue weighted by molar-refractivity contribution is 5.74. The Hall–Kier alpha value is -2.89. The zero-order valence-corrected chi connectivity index (χ0v) is 14.8. The molecule has 1 heterocycles. The normalized spacial score (nSPS) is 13.7. The Morgan fingerprint density at radius 3 is 2.54 bits per heavy atom. The van der Waals surface area contributed by atoms with Gasteiger partial charge in [0.2, 0.25) is 0 Å². The van der Waals surface area contributed by atoms with E-state index in [4.69, 9.17) is 9.47 Å². The van der Waals surface area contributed by atoms with Crippen LogP contribution in [0.3, 0.4) is 0 Å². The zero-order chi connectivity index (χ0) is 18.4. The molecule has 1 aliphatic heterocycles. The highest BCUT2D eigenvalue weighted by Gasteiger charge is 2.12. The van der Waals surface area contributed by atoms with Crippen LogP contribution < -0.4 is 20.1 Å². The topological polar surface area (TPSA) is 79.8 Å². The first-order valence-electron chi connectivity index (χ1n) is 8.81. The highest BCUT2D eigenvalue weighted by atomic mass is 16.6. The molecular weight excluding hydrogens is 332 g/mol. The Labute approximate surface area is 153 Å². The first-order valence-corrected chi connectivity index (χ1v) is 8.81. The molecule has 26 heavy (non-hydrogen) atoms. The van der Waals surface area contributed by atoms with E-state index in [1.807, 2.05) is 37.3 Å². The van der Waals surface area contributed by atoms with Crippen LogP contribution >= 0.6 is 0 Å². The third-order valence-corrected chi connectivity index (χ3v) is 4.24. The number of nitrogens with one attached hydrogen (secondary N) is 2. The van der Waals surface area contributed by atoms with Crippen molar-refractivity contribution in [1.29, 1.82) is 0 Å². The highest BCUT2D eigenvalue weighted by Crippen LogP contribution is 2.30. The van der Waals surface area contributed by atoms with Crippen molar-refractivity contribution in [2.75, 3.05) is 13.2 Å². The molecule has 1 unspecified atom stereocenters. The molecule has 0 radical (unpaired) electrons. The zero-order valence-electron chi connectivity index (χ0n) is 14.8. The number of hydrogen-bond acceptors (Lipinski definition) is 4. The summed E-state index contributed by atoms with van der Waals surface area (Å²) in [5, 5.41) is 15.1. The van der Waals surface area contributed by atoms with Crippen molar-refractivity contribution < 1.29 is 19.4 Å². The van der Waals surface area contributed by atoms with Crippen LogP contribution in [0.15, 0.2) is 42.5 Å². The molecule has 0 bridgehead atoms. The van der Waals surface area contributed by atoms with E-state index in [-0.39, 0.29) is 17.8 Å². The summed E-state index contributed by atoms with van der Waals surface area (Å²) in [5.41, 5.74) is 2.09. The minimum atomic E-state index is -0.196. The summed E-state index contributed by atoms with van der Waals surface area (Å²) in [7, 11) is 0. The number of ether oxygens (including phenoxy) is 2. The van der Waals surface area contributed by atoms with Crippen molar-refractivity contribution in [3.8, 4) is 17.2 Å². The quantitative estimate of drug-likeness (QED) is 0.743. The molecule has 0 spiro atoms. The SMILES string of the molecule is CC(CCc1ccc(O)cc1)NC(=O)NCc1ccc2c(c1)OCCO2. The molecule has 0 saturated carbocycles. The fourth-order valence-electron chi connectivity index (χ4n) is 2.77. The maximum atomic E-state index is 12.1. The maximum Gasteiger partial charge on any atom is 0.315 e. The van der Waals surface area contributed by atoms with E-state index in [1.165, 1.54) is 0 Å². The molecular formula is C20H24N2O4. The van der Waals surface area contributed by atoms with Gasteiger partial charge in [0.05, 0.1) is 0 Å². The minimum absolute atomic E-state index is 0.0454. The van der Waals surface area contributed by atoms with E-state index in [1.54, 1.807) is 12.1 Å². The van der Waals surface area contributed by atoms with Crippen LogP contribution in [-0.2, 0) is 13.0 Å². The Morgan fingerprint density at radius 2 is 1.77 bits per heavy atom. The molecule has 1 aliphatic rings. The second-order valence-electron chi connectivity index (χ2n) is 6.41. The smallest absolute Gasteiger partial charge is 0.315 e. The van der Waals surface area contributed by atoms with Crippen LogP contribution in [0.5, 0.6) is 17.2 Å². The van der Waals surface area contributed by atoms with Gasteiger partial charge in [-0.1, -0.05) is 18.2 Å². The van der Waals surface area contributed by atoms with Crippen LogP contribution in [0.25, 0.3) is 0 Å². The Balaban J connectivity index is 1.41. The lowest BCUT2D eigenvalue weighted by Crippen LogP contribution is -2.40. The molecule has 1 atom stereocenters. The number of urea groups is 1. The number of rotatable bonds is 6. The summed E-state index contributed by atoms with van der Waals surface area (Å²) in [6, 6.07) is 12.7. The molecule has 2 aromatic carbocycles. The lowest BCUT2D eigenvalue weighted by Gasteiger charge is -2.19. The molecule has 0 fully saturated rings. The predicted octanol–water partition coefficient (Wildman–Crippen LogP) is 2.98. The number of phenolic OH excluding ortho intramolecular Hbond substituents is 1. The van der Waals surface area contributed by atoms with Crippen molar-refractivity contribution >= 4 is 6.03 Å². The van der Waals surface area contributed by atoms with Crippen molar-refractivity contribution in [3.63, 3.8) is 0 Å². The second kappa shape index (κ2) is 8.47. The van der Waals surface area contributed by atoms with Crippen LogP contribution in [0.1, 0.15) is 24.5 Å². The van der Waals surface area contributed by atoms with Gasteiger partial charge in [0, 0.05) is 12.6 Å². The molecule has 0 saturated heterocycles. The van der Waals surface area contributed by atoms with Crippen LogP contribution in [0.2, 0.25) is 0 Å². The number of benzene rings is 2. The molecule has 6 nitrogen and oxygen atoms in total. The number of aromatic hydroxyl groups is 1. The van der Waals surface area contributed by atoms with E-state index in [0.29, 0.717) is 19.8 Å². The second-order valence-corrected chi connectivity index (χ2v) is 6.41. The van der Waals surface area contributed by atoms with Gasteiger partial charge in [-0.2, -0.15) is 0 Å². The monoisotopic (exact) mass is 356 g/mol. The summed E-state index contributed by atoms with van der Waals surface area (Å²) >= 11 is 0. The molecule has 3 N–H and O–H groups in total.